The average Bonchev–Trinajstić information content (AvgIpc) is 1.87. The Morgan fingerprint density at radius 2 is 1.70 bits per heavy atom. The maximum atomic E-state index is 5.31. The van der Waals surface area contributed by atoms with Crippen LogP contribution in [0.15, 0.2) is 0 Å². The maximum Gasteiger partial charge on any atom is 0.159 e. The molecule has 0 saturated carbocycles. The number of hydrogen-bond donors (Lipinski definition) is 1. The SMILES string of the molecule is CCOC(OCC)[SiH](C)S. The van der Waals surface area contributed by atoms with Crippen molar-refractivity contribution in [3.8, 4) is 0 Å². The fourth-order valence-corrected chi connectivity index (χ4v) is 2.11. The lowest BCUT2D eigenvalue weighted by Gasteiger charge is -2.18. The van der Waals surface area contributed by atoms with E-state index in [4.69, 9.17) is 9.47 Å². The van der Waals surface area contributed by atoms with Crippen LogP contribution in [-0.4, -0.2) is 27.1 Å². The second kappa shape index (κ2) is 6.21. The summed E-state index contributed by atoms with van der Waals surface area (Å²) in [6.07, 6.45) is 0. The summed E-state index contributed by atoms with van der Waals surface area (Å²) in [5, 5.41) is 0. The number of ether oxygens (including phenoxy) is 2. The summed E-state index contributed by atoms with van der Waals surface area (Å²) in [6.45, 7) is 7.46. The zero-order valence-corrected chi connectivity index (χ0v) is 8.88. The number of hydrogen-bond acceptors (Lipinski definition) is 3. The standard InChI is InChI=1S/C6H16O2SSi/c1-4-7-6(8-5-2)10(3)9/h6,9-10H,4-5H2,1-3H3. The zero-order valence-electron chi connectivity index (χ0n) is 6.83. The summed E-state index contributed by atoms with van der Waals surface area (Å²) in [7, 11) is -1.07. The third kappa shape index (κ3) is 4.33. The Bertz CT molecular complexity index is 74.1. The first-order valence-electron chi connectivity index (χ1n) is 3.63. The molecule has 62 valence electrons. The van der Waals surface area contributed by atoms with Crippen LogP contribution in [0.25, 0.3) is 0 Å². The molecule has 0 saturated heterocycles. The Kier molecular flexibility index (Phi) is 6.52. The molecule has 0 aliphatic heterocycles. The minimum absolute atomic E-state index is 0.0154. The van der Waals surface area contributed by atoms with Gasteiger partial charge < -0.3 is 9.47 Å². The Balaban J connectivity index is 3.50. The van der Waals surface area contributed by atoms with E-state index in [1.807, 2.05) is 13.8 Å². The van der Waals surface area contributed by atoms with Crippen molar-refractivity contribution < 1.29 is 9.47 Å². The molecule has 0 amide bonds. The molecule has 2 nitrogen and oxygen atoms in total. The van der Waals surface area contributed by atoms with Crippen molar-refractivity contribution in [2.45, 2.75) is 26.3 Å². The molecule has 0 heterocycles. The van der Waals surface area contributed by atoms with Crippen LogP contribution in [0.3, 0.4) is 0 Å². The van der Waals surface area contributed by atoms with E-state index in [2.05, 4.69) is 18.6 Å². The van der Waals surface area contributed by atoms with Crippen LogP contribution in [0.2, 0.25) is 6.55 Å². The van der Waals surface area contributed by atoms with Crippen molar-refractivity contribution >= 4 is 20.0 Å². The molecule has 10 heavy (non-hydrogen) atoms. The monoisotopic (exact) mass is 180 g/mol. The first-order chi connectivity index (χ1) is 4.72. The van der Waals surface area contributed by atoms with Gasteiger partial charge in [-0.2, -0.15) is 12.1 Å². The van der Waals surface area contributed by atoms with E-state index in [1.54, 1.807) is 0 Å². The Morgan fingerprint density at radius 1 is 1.30 bits per heavy atom. The Labute approximate surface area is 69.6 Å². The molecule has 0 rings (SSSR count). The lowest BCUT2D eigenvalue weighted by molar-refractivity contribution is -0.0831. The van der Waals surface area contributed by atoms with Gasteiger partial charge in [0.25, 0.3) is 0 Å². The van der Waals surface area contributed by atoms with Gasteiger partial charge in [0, 0.05) is 13.2 Å². The molecule has 0 radical (unpaired) electrons. The van der Waals surface area contributed by atoms with Crippen molar-refractivity contribution in [2.75, 3.05) is 13.2 Å². The van der Waals surface area contributed by atoms with Gasteiger partial charge in [0.2, 0.25) is 0 Å². The highest BCUT2D eigenvalue weighted by Gasteiger charge is 2.14. The van der Waals surface area contributed by atoms with Gasteiger partial charge in [-0.15, -0.1) is 0 Å². The zero-order chi connectivity index (χ0) is 7.98. The van der Waals surface area contributed by atoms with Crippen LogP contribution in [-0.2, 0) is 9.47 Å². The largest absolute Gasteiger partial charge is 0.356 e. The molecule has 0 bridgehead atoms. The average molecular weight is 180 g/mol. The second-order valence-electron chi connectivity index (χ2n) is 2.02. The normalized spacial score (nSPS) is 14.1. The van der Waals surface area contributed by atoms with Crippen LogP contribution in [0, 0.1) is 0 Å². The fourth-order valence-electron chi connectivity index (χ4n) is 0.655. The van der Waals surface area contributed by atoms with Crippen LogP contribution >= 0.6 is 12.1 Å². The third-order valence-electron chi connectivity index (χ3n) is 1.06. The summed E-state index contributed by atoms with van der Waals surface area (Å²) < 4.78 is 10.6. The predicted octanol–water partition coefficient (Wildman–Crippen LogP) is 1.21. The molecule has 1 atom stereocenters. The predicted molar refractivity (Wildman–Crippen MR) is 49.0 cm³/mol. The topological polar surface area (TPSA) is 18.5 Å². The fraction of sp³-hybridized carbons (Fsp3) is 1.00. The highest BCUT2D eigenvalue weighted by Crippen LogP contribution is 2.03. The van der Waals surface area contributed by atoms with E-state index < -0.39 is 7.95 Å². The van der Waals surface area contributed by atoms with Crippen LogP contribution < -0.4 is 0 Å². The summed E-state index contributed by atoms with van der Waals surface area (Å²) in [6, 6.07) is 0. The molecule has 0 aliphatic carbocycles. The lowest BCUT2D eigenvalue weighted by Crippen LogP contribution is -2.29. The van der Waals surface area contributed by atoms with E-state index in [1.165, 1.54) is 0 Å². The first-order valence-corrected chi connectivity index (χ1v) is 7.52. The molecule has 0 N–H and O–H groups in total. The summed E-state index contributed by atoms with van der Waals surface area (Å²) >= 11 is 4.35. The van der Waals surface area contributed by atoms with Crippen LogP contribution in [0.5, 0.6) is 0 Å². The third-order valence-corrected chi connectivity index (χ3v) is 2.96. The molecular weight excluding hydrogens is 164 g/mol. The van der Waals surface area contributed by atoms with E-state index in [0.717, 1.165) is 0 Å². The Hall–Kier alpha value is 0.487. The molecule has 0 aromatic rings. The van der Waals surface area contributed by atoms with E-state index in [-0.39, 0.29) is 5.91 Å². The van der Waals surface area contributed by atoms with E-state index >= 15 is 0 Å². The minimum atomic E-state index is -1.07. The lowest BCUT2D eigenvalue weighted by atomic mass is 10.9. The van der Waals surface area contributed by atoms with Gasteiger partial charge in [-0.1, -0.05) is 6.55 Å². The van der Waals surface area contributed by atoms with E-state index in [9.17, 15) is 0 Å². The Morgan fingerprint density at radius 3 is 1.90 bits per heavy atom. The molecule has 0 aromatic heterocycles. The van der Waals surface area contributed by atoms with Gasteiger partial charge in [0.15, 0.2) is 7.95 Å². The first kappa shape index (κ1) is 10.5. The van der Waals surface area contributed by atoms with Crippen molar-refractivity contribution in [1.29, 1.82) is 0 Å². The molecule has 4 heteroatoms. The highest BCUT2D eigenvalue weighted by atomic mass is 32.3. The highest BCUT2D eigenvalue weighted by molar-refractivity contribution is 8.10. The van der Waals surface area contributed by atoms with E-state index in [0.29, 0.717) is 13.2 Å². The van der Waals surface area contributed by atoms with Crippen molar-refractivity contribution in [2.24, 2.45) is 0 Å². The number of rotatable bonds is 5. The maximum absolute atomic E-state index is 5.31. The van der Waals surface area contributed by atoms with Gasteiger partial charge in [-0.05, 0) is 13.8 Å². The molecule has 0 fully saturated rings. The van der Waals surface area contributed by atoms with Gasteiger partial charge in [0.05, 0.1) is 0 Å². The van der Waals surface area contributed by atoms with Gasteiger partial charge in [-0.25, -0.2) is 0 Å². The smallest absolute Gasteiger partial charge is 0.159 e. The van der Waals surface area contributed by atoms with Crippen molar-refractivity contribution in [3.63, 3.8) is 0 Å². The molecule has 0 spiro atoms. The molecular formula is C6H16O2SSi. The van der Waals surface area contributed by atoms with Crippen molar-refractivity contribution in [1.82, 2.24) is 0 Å². The molecule has 0 aliphatic rings. The molecule has 1 unspecified atom stereocenters. The number of thiol groups is 1. The quantitative estimate of drug-likeness (QED) is 0.389. The minimum Gasteiger partial charge on any atom is -0.356 e. The van der Waals surface area contributed by atoms with Crippen LogP contribution in [0.1, 0.15) is 13.8 Å². The summed E-state index contributed by atoms with van der Waals surface area (Å²) in [5.41, 5.74) is 0. The van der Waals surface area contributed by atoms with Crippen molar-refractivity contribution in [3.05, 3.63) is 0 Å². The van der Waals surface area contributed by atoms with Gasteiger partial charge in [-0.3, -0.25) is 0 Å². The molecule has 0 aromatic carbocycles. The summed E-state index contributed by atoms with van der Waals surface area (Å²) in [4.78, 5) is 0. The summed E-state index contributed by atoms with van der Waals surface area (Å²) in [5.74, 6) is -0.0154. The van der Waals surface area contributed by atoms with Gasteiger partial charge >= 0.3 is 0 Å². The van der Waals surface area contributed by atoms with Gasteiger partial charge in [0.1, 0.15) is 5.91 Å². The van der Waals surface area contributed by atoms with Crippen LogP contribution in [0.4, 0.5) is 0 Å². The second-order valence-corrected chi connectivity index (χ2v) is 6.49.